The van der Waals surface area contributed by atoms with Crippen molar-refractivity contribution < 1.29 is 4.52 Å². The molecule has 1 N–H and O–H groups in total. The van der Waals surface area contributed by atoms with Gasteiger partial charge in [-0.25, -0.2) is 0 Å². The van der Waals surface area contributed by atoms with Crippen molar-refractivity contribution in [1.82, 2.24) is 5.09 Å². The molecule has 0 amide bonds. The Kier molecular flexibility index (Phi) is 9.71. The summed E-state index contributed by atoms with van der Waals surface area (Å²) in [5, 5.41) is 3.16. The van der Waals surface area contributed by atoms with E-state index in [0.29, 0.717) is 12.6 Å². The third-order valence-corrected chi connectivity index (χ3v) is 7.27. The molecule has 0 fully saturated rings. The number of unbranched alkanes of at least 4 members (excludes halogenated alkanes) is 1. The second-order valence-corrected chi connectivity index (χ2v) is 10.3. The first-order valence-corrected chi connectivity index (χ1v) is 10.0. The Balaban J connectivity index is 4.16. The van der Waals surface area contributed by atoms with Gasteiger partial charge in [0.25, 0.3) is 0 Å². The Labute approximate surface area is 109 Å². The zero-order chi connectivity index (χ0) is 12.4. The SMILES string of the molecule is CCCCSP(=S)(NC=NC(C)C)OCC. The van der Waals surface area contributed by atoms with Gasteiger partial charge in [0.1, 0.15) is 0 Å². The molecule has 0 spiro atoms. The van der Waals surface area contributed by atoms with Crippen LogP contribution >= 0.6 is 17.0 Å². The summed E-state index contributed by atoms with van der Waals surface area (Å²) >= 11 is 7.24. The molecule has 0 aromatic carbocycles. The van der Waals surface area contributed by atoms with E-state index in [1.165, 1.54) is 12.8 Å². The third-order valence-electron chi connectivity index (χ3n) is 1.65. The average Bonchev–Trinajstić information content (AvgIpc) is 2.18. The molecular formula is C10H23N2OPS2. The van der Waals surface area contributed by atoms with E-state index in [9.17, 15) is 0 Å². The average molecular weight is 282 g/mol. The van der Waals surface area contributed by atoms with E-state index in [0.717, 1.165) is 5.75 Å². The van der Waals surface area contributed by atoms with E-state index in [1.54, 1.807) is 17.7 Å². The van der Waals surface area contributed by atoms with Crippen LogP contribution in [0.1, 0.15) is 40.5 Å². The lowest BCUT2D eigenvalue weighted by molar-refractivity contribution is 0.383. The maximum atomic E-state index is 5.64. The van der Waals surface area contributed by atoms with Crippen LogP contribution in [0.2, 0.25) is 0 Å². The minimum atomic E-state index is -1.95. The molecule has 1 unspecified atom stereocenters. The van der Waals surface area contributed by atoms with Gasteiger partial charge in [0.2, 0.25) is 5.62 Å². The molecule has 0 aliphatic carbocycles. The number of hydrogen-bond acceptors (Lipinski definition) is 4. The number of hydrogen-bond donors (Lipinski definition) is 1. The van der Waals surface area contributed by atoms with Crippen molar-refractivity contribution in [3.8, 4) is 0 Å². The summed E-state index contributed by atoms with van der Waals surface area (Å²) in [4.78, 5) is 4.25. The zero-order valence-corrected chi connectivity index (χ0v) is 13.1. The molecule has 0 bridgehead atoms. The fourth-order valence-electron chi connectivity index (χ4n) is 0.864. The quantitative estimate of drug-likeness (QED) is 0.302. The fraction of sp³-hybridized carbons (Fsp3) is 0.900. The van der Waals surface area contributed by atoms with Crippen molar-refractivity contribution in [1.29, 1.82) is 0 Å². The van der Waals surface area contributed by atoms with Crippen LogP contribution in [0.4, 0.5) is 0 Å². The molecule has 1 atom stereocenters. The number of aliphatic imine (C=N–C) groups is 1. The maximum absolute atomic E-state index is 5.64. The zero-order valence-electron chi connectivity index (χ0n) is 10.6. The molecule has 0 rings (SSSR count). The number of nitrogens with zero attached hydrogens (tertiary/aromatic N) is 1. The molecule has 0 radical (unpaired) electrons. The molecular weight excluding hydrogens is 259 g/mol. The summed E-state index contributed by atoms with van der Waals surface area (Å²) in [6, 6.07) is 0.290. The van der Waals surface area contributed by atoms with E-state index in [2.05, 4.69) is 17.0 Å². The van der Waals surface area contributed by atoms with Gasteiger partial charge in [-0.1, -0.05) is 24.7 Å². The standard InChI is InChI=1S/C10H23N2OPS2/c1-5-7-8-16-14(15,13-6-2)12-9-11-10(3)4/h9-10H,5-8H2,1-4H3,(H,11,12,15). The number of nitrogens with one attached hydrogen (secondary N) is 1. The van der Waals surface area contributed by atoms with Crippen LogP contribution in [-0.2, 0) is 16.3 Å². The highest BCUT2D eigenvalue weighted by Gasteiger charge is 2.15. The molecule has 0 saturated heterocycles. The van der Waals surface area contributed by atoms with Crippen LogP contribution < -0.4 is 5.09 Å². The van der Waals surface area contributed by atoms with E-state index >= 15 is 0 Å². The second-order valence-electron chi connectivity index (χ2n) is 3.60. The van der Waals surface area contributed by atoms with Gasteiger partial charge in [0.15, 0.2) is 0 Å². The van der Waals surface area contributed by atoms with Crippen molar-refractivity contribution in [3.63, 3.8) is 0 Å². The van der Waals surface area contributed by atoms with Gasteiger partial charge in [0, 0.05) is 11.8 Å². The van der Waals surface area contributed by atoms with Gasteiger partial charge in [-0.05, 0) is 39.0 Å². The van der Waals surface area contributed by atoms with E-state index in [4.69, 9.17) is 16.3 Å². The van der Waals surface area contributed by atoms with Crippen LogP contribution in [0.3, 0.4) is 0 Å². The molecule has 6 heteroatoms. The molecule has 0 aliphatic heterocycles. The molecule has 96 valence electrons. The summed E-state index contributed by atoms with van der Waals surface area (Å²) < 4.78 is 5.64. The van der Waals surface area contributed by atoms with Crippen LogP contribution in [0, 0.1) is 0 Å². The summed E-state index contributed by atoms with van der Waals surface area (Å²) in [7, 11) is 0. The summed E-state index contributed by atoms with van der Waals surface area (Å²) in [5.74, 6) is 1.05. The van der Waals surface area contributed by atoms with Gasteiger partial charge in [-0.2, -0.15) is 0 Å². The lowest BCUT2D eigenvalue weighted by Crippen LogP contribution is -2.09. The van der Waals surface area contributed by atoms with Crippen LogP contribution in [-0.4, -0.2) is 24.7 Å². The van der Waals surface area contributed by atoms with Gasteiger partial charge in [-0.15, -0.1) is 0 Å². The van der Waals surface area contributed by atoms with Crippen LogP contribution in [0.15, 0.2) is 4.99 Å². The van der Waals surface area contributed by atoms with Crippen molar-refractivity contribution in [2.24, 2.45) is 4.99 Å². The van der Waals surface area contributed by atoms with Gasteiger partial charge in [-0.3, -0.25) is 4.99 Å². The number of rotatable bonds is 9. The molecule has 0 aromatic heterocycles. The normalized spacial score (nSPS) is 15.6. The Morgan fingerprint density at radius 2 is 2.19 bits per heavy atom. The van der Waals surface area contributed by atoms with E-state index in [-0.39, 0.29) is 0 Å². The Bertz CT molecular complexity index is 247. The van der Waals surface area contributed by atoms with Crippen molar-refractivity contribution in [3.05, 3.63) is 0 Å². The second kappa shape index (κ2) is 9.46. The first-order chi connectivity index (χ1) is 7.54. The lowest BCUT2D eigenvalue weighted by atomic mass is 10.4. The smallest absolute Gasteiger partial charge is 0.211 e. The van der Waals surface area contributed by atoms with Gasteiger partial charge < -0.3 is 9.61 Å². The Morgan fingerprint density at radius 3 is 2.69 bits per heavy atom. The van der Waals surface area contributed by atoms with E-state index < -0.39 is 5.62 Å². The van der Waals surface area contributed by atoms with Crippen molar-refractivity contribution in [2.75, 3.05) is 12.4 Å². The highest BCUT2D eigenvalue weighted by atomic mass is 32.9. The highest BCUT2D eigenvalue weighted by Crippen LogP contribution is 2.55. The van der Waals surface area contributed by atoms with Gasteiger partial charge >= 0.3 is 0 Å². The van der Waals surface area contributed by atoms with Crippen LogP contribution in [0.25, 0.3) is 0 Å². The van der Waals surface area contributed by atoms with E-state index in [1.807, 2.05) is 20.8 Å². The van der Waals surface area contributed by atoms with Crippen molar-refractivity contribution >= 4 is 35.1 Å². The fourth-order valence-corrected chi connectivity index (χ4v) is 5.44. The van der Waals surface area contributed by atoms with Gasteiger partial charge in [0.05, 0.1) is 12.9 Å². The third kappa shape index (κ3) is 8.57. The minimum absolute atomic E-state index is 0.290. The largest absolute Gasteiger partial charge is 0.327 e. The maximum Gasteiger partial charge on any atom is 0.211 e. The first kappa shape index (κ1) is 16.4. The monoisotopic (exact) mass is 282 g/mol. The topological polar surface area (TPSA) is 33.6 Å². The molecule has 16 heavy (non-hydrogen) atoms. The predicted octanol–water partition coefficient (Wildman–Crippen LogP) is 3.81. The molecule has 0 aromatic rings. The first-order valence-electron chi connectivity index (χ1n) is 5.72. The Morgan fingerprint density at radius 1 is 1.50 bits per heavy atom. The summed E-state index contributed by atoms with van der Waals surface area (Å²) in [6.45, 7) is 8.87. The lowest BCUT2D eigenvalue weighted by Gasteiger charge is -2.20. The molecule has 3 nitrogen and oxygen atoms in total. The predicted molar refractivity (Wildman–Crippen MR) is 80.0 cm³/mol. The summed E-state index contributed by atoms with van der Waals surface area (Å²) in [5.41, 5.74) is -1.95. The minimum Gasteiger partial charge on any atom is -0.327 e. The molecule has 0 saturated carbocycles. The Hall–Kier alpha value is 0.430. The van der Waals surface area contributed by atoms with Crippen molar-refractivity contribution in [2.45, 2.75) is 46.6 Å². The van der Waals surface area contributed by atoms with Crippen LogP contribution in [0.5, 0.6) is 0 Å². The molecule has 0 heterocycles. The highest BCUT2D eigenvalue weighted by molar-refractivity contribution is 8.68. The summed E-state index contributed by atoms with van der Waals surface area (Å²) in [6.07, 6.45) is 4.08. The molecule has 0 aliphatic rings.